The first-order chi connectivity index (χ1) is 12.8. The zero-order valence-electron chi connectivity index (χ0n) is 15.0. The Morgan fingerprint density at radius 3 is 2.11 bits per heavy atom. The van der Waals surface area contributed by atoms with Crippen molar-refractivity contribution < 1.29 is 18.1 Å². The first kappa shape index (κ1) is 23.7. The molecule has 0 bridgehead atoms. The van der Waals surface area contributed by atoms with Crippen LogP contribution in [-0.2, 0) is 19.1 Å². The number of non-ortho nitro benzene ring substituents is 1. The molecule has 152 valence electrons. The summed E-state index contributed by atoms with van der Waals surface area (Å²) in [6.45, 7) is 0.920. The predicted molar refractivity (Wildman–Crippen MR) is 112 cm³/mol. The Kier molecular flexibility index (Phi) is 9.16. The number of halogens is 4. The van der Waals surface area contributed by atoms with Gasteiger partial charge in [0.25, 0.3) is 5.69 Å². The fourth-order valence-electron chi connectivity index (χ4n) is 2.33. The molecule has 0 amide bonds. The van der Waals surface area contributed by atoms with Gasteiger partial charge < -0.3 is 10.6 Å². The molecule has 6 nitrogen and oxygen atoms in total. The highest BCUT2D eigenvalue weighted by Crippen LogP contribution is 2.29. The van der Waals surface area contributed by atoms with E-state index in [2.05, 4.69) is 15.6 Å². The quantitative estimate of drug-likeness (QED) is 0.202. The van der Waals surface area contributed by atoms with Crippen LogP contribution in [0.15, 0.2) is 53.5 Å². The Balaban J connectivity index is 0.00000392. The number of guanidine groups is 1. The zero-order chi connectivity index (χ0) is 19.9. The van der Waals surface area contributed by atoms with Gasteiger partial charge in [0.2, 0.25) is 0 Å². The predicted octanol–water partition coefficient (Wildman–Crippen LogP) is 4.14. The van der Waals surface area contributed by atoms with Gasteiger partial charge in [-0.15, -0.1) is 24.0 Å². The SMILES string of the molecule is CN=C(NCCc1ccc(C(F)(F)F)cc1)NCc1ccc([N+](=O)[O-])cc1.I. The van der Waals surface area contributed by atoms with Gasteiger partial charge in [0.15, 0.2) is 5.96 Å². The number of nitrogens with zero attached hydrogens (tertiary/aromatic N) is 2. The molecule has 0 heterocycles. The largest absolute Gasteiger partial charge is 0.416 e. The van der Waals surface area contributed by atoms with E-state index in [4.69, 9.17) is 0 Å². The molecule has 0 spiro atoms. The van der Waals surface area contributed by atoms with Crippen LogP contribution in [0.1, 0.15) is 16.7 Å². The van der Waals surface area contributed by atoms with E-state index in [1.807, 2.05) is 0 Å². The van der Waals surface area contributed by atoms with E-state index in [9.17, 15) is 23.3 Å². The van der Waals surface area contributed by atoms with Crippen molar-refractivity contribution in [1.29, 1.82) is 0 Å². The Morgan fingerprint density at radius 2 is 1.61 bits per heavy atom. The molecular formula is C18H20F3IN4O2. The minimum Gasteiger partial charge on any atom is -0.356 e. The fourth-order valence-corrected chi connectivity index (χ4v) is 2.33. The molecule has 2 aromatic carbocycles. The molecule has 10 heteroatoms. The zero-order valence-corrected chi connectivity index (χ0v) is 17.3. The van der Waals surface area contributed by atoms with Crippen LogP contribution in [0.4, 0.5) is 18.9 Å². The van der Waals surface area contributed by atoms with E-state index >= 15 is 0 Å². The Morgan fingerprint density at radius 1 is 1.04 bits per heavy atom. The normalized spacial score (nSPS) is 11.5. The van der Waals surface area contributed by atoms with E-state index < -0.39 is 16.7 Å². The summed E-state index contributed by atoms with van der Waals surface area (Å²) in [5.74, 6) is 0.528. The molecule has 0 saturated heterocycles. The number of benzene rings is 2. The third-order valence-corrected chi connectivity index (χ3v) is 3.82. The van der Waals surface area contributed by atoms with Crippen LogP contribution in [0.25, 0.3) is 0 Å². The van der Waals surface area contributed by atoms with Gasteiger partial charge in [-0.05, 0) is 29.7 Å². The number of aliphatic imine (C=N–C) groups is 1. The molecule has 2 rings (SSSR count). The number of nitrogens with one attached hydrogen (secondary N) is 2. The van der Waals surface area contributed by atoms with Gasteiger partial charge in [-0.3, -0.25) is 15.1 Å². The summed E-state index contributed by atoms with van der Waals surface area (Å²) in [4.78, 5) is 14.2. The van der Waals surface area contributed by atoms with Gasteiger partial charge in [0.1, 0.15) is 0 Å². The van der Waals surface area contributed by atoms with E-state index in [1.165, 1.54) is 24.3 Å². The van der Waals surface area contributed by atoms with Crippen LogP contribution in [0.3, 0.4) is 0 Å². The third-order valence-electron chi connectivity index (χ3n) is 3.82. The van der Waals surface area contributed by atoms with Gasteiger partial charge in [0.05, 0.1) is 10.5 Å². The first-order valence-corrected chi connectivity index (χ1v) is 8.13. The van der Waals surface area contributed by atoms with Gasteiger partial charge in [-0.2, -0.15) is 13.2 Å². The van der Waals surface area contributed by atoms with Crippen molar-refractivity contribution >= 4 is 35.6 Å². The Bertz CT molecular complexity index is 794. The topological polar surface area (TPSA) is 79.6 Å². The first-order valence-electron chi connectivity index (χ1n) is 8.13. The summed E-state index contributed by atoms with van der Waals surface area (Å²) in [6, 6.07) is 11.2. The lowest BCUT2D eigenvalue weighted by atomic mass is 10.1. The minimum absolute atomic E-state index is 0. The van der Waals surface area contributed by atoms with Crippen LogP contribution in [0.5, 0.6) is 0 Å². The van der Waals surface area contributed by atoms with E-state index in [-0.39, 0.29) is 29.7 Å². The maximum atomic E-state index is 12.5. The number of hydrogen-bond donors (Lipinski definition) is 2. The monoisotopic (exact) mass is 508 g/mol. The van der Waals surface area contributed by atoms with Crippen LogP contribution in [0, 0.1) is 10.1 Å². The number of alkyl halides is 3. The van der Waals surface area contributed by atoms with E-state index in [0.717, 1.165) is 23.3 Å². The number of nitro benzene ring substituents is 1. The average Bonchev–Trinajstić information content (AvgIpc) is 2.64. The van der Waals surface area contributed by atoms with Crippen molar-refractivity contribution in [3.63, 3.8) is 0 Å². The highest BCUT2D eigenvalue weighted by atomic mass is 127. The van der Waals surface area contributed by atoms with Gasteiger partial charge in [-0.1, -0.05) is 24.3 Å². The molecule has 0 fully saturated rings. The molecular weight excluding hydrogens is 488 g/mol. The third kappa shape index (κ3) is 7.33. The smallest absolute Gasteiger partial charge is 0.356 e. The van der Waals surface area contributed by atoms with Crippen LogP contribution >= 0.6 is 24.0 Å². The van der Waals surface area contributed by atoms with Crippen LogP contribution in [0.2, 0.25) is 0 Å². The molecule has 0 radical (unpaired) electrons. The Labute approximate surface area is 177 Å². The van der Waals surface area contributed by atoms with E-state index in [1.54, 1.807) is 19.2 Å². The van der Waals surface area contributed by atoms with Gasteiger partial charge >= 0.3 is 6.18 Å². The lowest BCUT2D eigenvalue weighted by molar-refractivity contribution is -0.384. The molecule has 2 aromatic rings. The molecule has 0 aliphatic carbocycles. The Hall–Kier alpha value is -2.37. The minimum atomic E-state index is -4.33. The molecule has 0 aliphatic heterocycles. The molecule has 0 unspecified atom stereocenters. The molecule has 0 saturated carbocycles. The van der Waals surface area contributed by atoms with Gasteiger partial charge in [0, 0.05) is 32.3 Å². The number of hydrogen-bond acceptors (Lipinski definition) is 3. The van der Waals surface area contributed by atoms with Crippen molar-refractivity contribution in [3.8, 4) is 0 Å². The lowest BCUT2D eigenvalue weighted by Gasteiger charge is -2.12. The summed E-state index contributed by atoms with van der Waals surface area (Å²) in [5.41, 5.74) is 0.991. The van der Waals surface area contributed by atoms with Crippen LogP contribution < -0.4 is 10.6 Å². The molecule has 2 N–H and O–H groups in total. The van der Waals surface area contributed by atoms with Crippen LogP contribution in [-0.4, -0.2) is 24.5 Å². The summed E-state index contributed by atoms with van der Waals surface area (Å²) < 4.78 is 37.6. The lowest BCUT2D eigenvalue weighted by Crippen LogP contribution is -2.37. The second-order valence-electron chi connectivity index (χ2n) is 5.72. The number of rotatable bonds is 6. The average molecular weight is 508 g/mol. The van der Waals surface area contributed by atoms with Gasteiger partial charge in [-0.25, -0.2) is 0 Å². The highest BCUT2D eigenvalue weighted by Gasteiger charge is 2.29. The maximum absolute atomic E-state index is 12.5. The van der Waals surface area contributed by atoms with E-state index in [0.29, 0.717) is 25.5 Å². The molecule has 0 aromatic heterocycles. The summed E-state index contributed by atoms with van der Waals surface area (Å²) in [5, 5.41) is 16.8. The van der Waals surface area contributed by atoms with Crippen molar-refractivity contribution in [2.75, 3.05) is 13.6 Å². The van der Waals surface area contributed by atoms with Crippen molar-refractivity contribution in [1.82, 2.24) is 10.6 Å². The molecule has 0 aliphatic rings. The molecule has 28 heavy (non-hydrogen) atoms. The maximum Gasteiger partial charge on any atom is 0.416 e. The van der Waals surface area contributed by atoms with Crippen molar-refractivity contribution in [2.24, 2.45) is 4.99 Å². The second-order valence-corrected chi connectivity index (χ2v) is 5.72. The number of nitro groups is 1. The highest BCUT2D eigenvalue weighted by molar-refractivity contribution is 14.0. The fraction of sp³-hybridized carbons (Fsp3) is 0.278. The summed E-state index contributed by atoms with van der Waals surface area (Å²) >= 11 is 0. The van der Waals surface area contributed by atoms with Crippen molar-refractivity contribution in [2.45, 2.75) is 19.1 Å². The summed E-state index contributed by atoms with van der Waals surface area (Å²) in [6.07, 6.45) is -3.79. The summed E-state index contributed by atoms with van der Waals surface area (Å²) in [7, 11) is 1.60. The van der Waals surface area contributed by atoms with Crippen molar-refractivity contribution in [3.05, 3.63) is 75.3 Å². The molecule has 0 atom stereocenters. The standard InChI is InChI=1S/C18H19F3N4O2.HI/c1-22-17(24-12-14-4-8-16(9-5-14)25(26)27)23-11-10-13-2-6-15(7-3-13)18(19,20)21;/h2-9H,10-12H2,1H3,(H2,22,23,24);1H. The second kappa shape index (κ2) is 10.8.